The number of hydrogen-bond donors (Lipinski definition) is 1. The van der Waals surface area contributed by atoms with Gasteiger partial charge in [-0.2, -0.15) is 0 Å². The van der Waals surface area contributed by atoms with Crippen molar-refractivity contribution >= 4 is 34.5 Å². The molecule has 0 saturated carbocycles. The van der Waals surface area contributed by atoms with Crippen LogP contribution in [0.25, 0.3) is 0 Å². The number of nitrogens with zero attached hydrogens (tertiary/aromatic N) is 1. The zero-order chi connectivity index (χ0) is 13.8. The minimum Gasteiger partial charge on any atom is -0.323 e. The summed E-state index contributed by atoms with van der Waals surface area (Å²) in [5, 5.41) is 5.01. The number of amides is 1. The second kappa shape index (κ2) is 6.12. The van der Waals surface area contributed by atoms with Gasteiger partial charge in [-0.25, -0.2) is 9.37 Å². The van der Waals surface area contributed by atoms with Gasteiger partial charge in [0.05, 0.1) is 23.7 Å². The third kappa shape index (κ3) is 3.75. The molecule has 2 rings (SSSR count). The van der Waals surface area contributed by atoms with E-state index in [0.29, 0.717) is 10.9 Å². The summed E-state index contributed by atoms with van der Waals surface area (Å²) < 4.78 is 13.6. The molecule has 1 heterocycles. The fraction of sp³-hybridized carbons (Fsp3) is 0.231. The molecule has 0 aliphatic rings. The van der Waals surface area contributed by atoms with Gasteiger partial charge in [0.2, 0.25) is 5.91 Å². The lowest BCUT2D eigenvalue weighted by molar-refractivity contribution is -0.115. The van der Waals surface area contributed by atoms with E-state index in [-0.39, 0.29) is 18.0 Å². The van der Waals surface area contributed by atoms with E-state index < -0.39 is 5.82 Å². The Morgan fingerprint density at radius 2 is 2.32 bits per heavy atom. The van der Waals surface area contributed by atoms with Crippen LogP contribution in [0.3, 0.4) is 0 Å². The molecule has 1 aromatic heterocycles. The molecule has 0 spiro atoms. The molecule has 0 unspecified atom stereocenters. The Bertz CT molecular complexity index is 600. The van der Waals surface area contributed by atoms with Crippen molar-refractivity contribution in [3.8, 4) is 0 Å². The van der Waals surface area contributed by atoms with Crippen molar-refractivity contribution in [2.75, 3.05) is 5.32 Å². The second-order valence-electron chi connectivity index (χ2n) is 4.07. The first kappa shape index (κ1) is 14.0. The second-order valence-corrected chi connectivity index (χ2v) is 5.28. The van der Waals surface area contributed by atoms with E-state index >= 15 is 0 Å². The van der Waals surface area contributed by atoms with Crippen LogP contribution in [0.1, 0.15) is 16.3 Å². The lowest BCUT2D eigenvalue weighted by atomic mass is 10.2. The van der Waals surface area contributed by atoms with Gasteiger partial charge in [-0.15, -0.1) is 22.9 Å². The maximum atomic E-state index is 13.6. The number of hydrogen-bond acceptors (Lipinski definition) is 3. The quantitative estimate of drug-likeness (QED) is 0.878. The van der Waals surface area contributed by atoms with Crippen LogP contribution in [0.15, 0.2) is 23.6 Å². The van der Waals surface area contributed by atoms with Crippen LogP contribution in [0, 0.1) is 12.7 Å². The predicted molar refractivity (Wildman–Crippen MR) is 75.1 cm³/mol. The Kier molecular flexibility index (Phi) is 4.50. The highest BCUT2D eigenvalue weighted by atomic mass is 35.5. The van der Waals surface area contributed by atoms with E-state index in [2.05, 4.69) is 10.3 Å². The number of carbonyl (C=O) groups excluding carboxylic acids is 1. The van der Waals surface area contributed by atoms with E-state index in [4.69, 9.17) is 11.6 Å². The normalized spacial score (nSPS) is 10.5. The van der Waals surface area contributed by atoms with E-state index in [1.165, 1.54) is 17.4 Å². The minimum atomic E-state index is -0.436. The SMILES string of the molecule is Cc1ccc(NC(=O)Cc2nc(CCl)cs2)c(F)c1. The van der Waals surface area contributed by atoms with Crippen LogP contribution in [-0.2, 0) is 17.1 Å². The highest BCUT2D eigenvalue weighted by molar-refractivity contribution is 7.09. The van der Waals surface area contributed by atoms with Gasteiger partial charge in [-0.1, -0.05) is 6.07 Å². The van der Waals surface area contributed by atoms with Gasteiger partial charge in [-0.3, -0.25) is 4.79 Å². The maximum absolute atomic E-state index is 13.6. The third-order valence-electron chi connectivity index (χ3n) is 2.45. The molecular weight excluding hydrogens is 287 g/mol. The number of anilines is 1. The molecule has 0 fully saturated rings. The summed E-state index contributed by atoms with van der Waals surface area (Å²) in [4.78, 5) is 16.0. The van der Waals surface area contributed by atoms with Crippen molar-refractivity contribution in [1.82, 2.24) is 4.98 Å². The van der Waals surface area contributed by atoms with E-state index in [1.807, 2.05) is 5.38 Å². The standard InChI is InChI=1S/C13H12ClFN2OS/c1-8-2-3-11(10(15)4-8)17-12(18)5-13-16-9(6-14)7-19-13/h2-4,7H,5-6H2,1H3,(H,17,18). The van der Waals surface area contributed by atoms with Gasteiger partial charge in [0.25, 0.3) is 0 Å². The van der Waals surface area contributed by atoms with Gasteiger partial charge in [0.1, 0.15) is 10.8 Å². The topological polar surface area (TPSA) is 42.0 Å². The molecule has 2 aromatic rings. The number of aromatic nitrogens is 1. The summed E-state index contributed by atoms with van der Waals surface area (Å²) in [6.07, 6.45) is 0.120. The van der Waals surface area contributed by atoms with Crippen molar-refractivity contribution in [2.24, 2.45) is 0 Å². The molecule has 1 N–H and O–H groups in total. The molecule has 6 heteroatoms. The predicted octanol–water partition coefficient (Wildman–Crippen LogP) is 3.51. The molecule has 3 nitrogen and oxygen atoms in total. The fourth-order valence-electron chi connectivity index (χ4n) is 1.54. The van der Waals surface area contributed by atoms with Crippen LogP contribution < -0.4 is 5.32 Å². The third-order valence-corrected chi connectivity index (χ3v) is 3.62. The molecule has 19 heavy (non-hydrogen) atoms. The summed E-state index contributed by atoms with van der Waals surface area (Å²) in [6.45, 7) is 1.79. The van der Waals surface area contributed by atoms with Crippen LogP contribution in [0.5, 0.6) is 0 Å². The largest absolute Gasteiger partial charge is 0.323 e. The number of benzene rings is 1. The van der Waals surface area contributed by atoms with Crippen molar-refractivity contribution in [3.63, 3.8) is 0 Å². The molecule has 0 atom stereocenters. The highest BCUT2D eigenvalue weighted by Crippen LogP contribution is 2.17. The number of aryl methyl sites for hydroxylation is 1. The molecule has 100 valence electrons. The Morgan fingerprint density at radius 3 is 2.95 bits per heavy atom. The number of rotatable bonds is 4. The first-order valence-electron chi connectivity index (χ1n) is 5.63. The smallest absolute Gasteiger partial charge is 0.231 e. The molecule has 0 bridgehead atoms. The summed E-state index contributed by atoms with van der Waals surface area (Å²) in [5.41, 5.74) is 1.74. The summed E-state index contributed by atoms with van der Waals surface area (Å²) >= 11 is 7.01. The summed E-state index contributed by atoms with van der Waals surface area (Å²) in [5.74, 6) is -0.405. The van der Waals surface area contributed by atoms with E-state index in [9.17, 15) is 9.18 Å². The fourth-order valence-corrected chi connectivity index (χ4v) is 2.57. The number of thiazole rings is 1. The molecule has 0 saturated heterocycles. The maximum Gasteiger partial charge on any atom is 0.231 e. The average Bonchev–Trinajstić information content (AvgIpc) is 2.80. The summed E-state index contributed by atoms with van der Waals surface area (Å²) in [6, 6.07) is 4.67. The van der Waals surface area contributed by atoms with Crippen molar-refractivity contribution < 1.29 is 9.18 Å². The number of alkyl halides is 1. The molecule has 0 aliphatic carbocycles. The first-order valence-corrected chi connectivity index (χ1v) is 7.05. The molecular formula is C13H12ClFN2OS. The van der Waals surface area contributed by atoms with Gasteiger partial charge in [-0.05, 0) is 24.6 Å². The number of carbonyl (C=O) groups is 1. The van der Waals surface area contributed by atoms with Gasteiger partial charge >= 0.3 is 0 Å². The lowest BCUT2D eigenvalue weighted by Gasteiger charge is -2.05. The lowest BCUT2D eigenvalue weighted by Crippen LogP contribution is -2.15. The van der Waals surface area contributed by atoms with Crippen LogP contribution >= 0.6 is 22.9 Å². The molecule has 0 radical (unpaired) electrons. The zero-order valence-corrected chi connectivity index (χ0v) is 11.8. The molecule has 1 amide bonds. The summed E-state index contributed by atoms with van der Waals surface area (Å²) in [7, 11) is 0. The van der Waals surface area contributed by atoms with Gasteiger partial charge in [0.15, 0.2) is 0 Å². The van der Waals surface area contributed by atoms with Crippen molar-refractivity contribution in [3.05, 3.63) is 45.7 Å². The number of halogens is 2. The zero-order valence-electron chi connectivity index (χ0n) is 10.2. The highest BCUT2D eigenvalue weighted by Gasteiger charge is 2.10. The Morgan fingerprint density at radius 1 is 1.53 bits per heavy atom. The van der Waals surface area contributed by atoms with Crippen LogP contribution in [-0.4, -0.2) is 10.9 Å². The average molecular weight is 299 g/mol. The Labute approximate surface area is 119 Å². The van der Waals surface area contributed by atoms with Gasteiger partial charge < -0.3 is 5.32 Å². The van der Waals surface area contributed by atoms with E-state index in [0.717, 1.165) is 11.3 Å². The van der Waals surface area contributed by atoms with Crippen molar-refractivity contribution in [2.45, 2.75) is 19.2 Å². The Hall–Kier alpha value is -1.46. The van der Waals surface area contributed by atoms with E-state index in [1.54, 1.807) is 19.1 Å². The molecule has 0 aliphatic heterocycles. The number of nitrogens with one attached hydrogen (secondary N) is 1. The van der Waals surface area contributed by atoms with Crippen molar-refractivity contribution in [1.29, 1.82) is 0 Å². The van der Waals surface area contributed by atoms with Crippen LogP contribution in [0.2, 0.25) is 0 Å². The molecule has 1 aromatic carbocycles. The minimum absolute atomic E-state index is 0.120. The van der Waals surface area contributed by atoms with Crippen LogP contribution in [0.4, 0.5) is 10.1 Å². The Balaban J connectivity index is 2.01. The van der Waals surface area contributed by atoms with Gasteiger partial charge in [0, 0.05) is 5.38 Å². The monoisotopic (exact) mass is 298 g/mol. The first-order chi connectivity index (χ1) is 9.08.